The van der Waals surface area contributed by atoms with Gasteiger partial charge in [0.15, 0.2) is 0 Å². The number of rotatable bonds is 8. The molecule has 162 valence electrons. The quantitative estimate of drug-likeness (QED) is 0.538. The van der Waals surface area contributed by atoms with Crippen LogP contribution in [0.4, 0.5) is 0 Å². The number of carbonyl (C=O) groups excluding carboxylic acids is 2. The third-order valence-electron chi connectivity index (χ3n) is 4.57. The van der Waals surface area contributed by atoms with Gasteiger partial charge in [-0.25, -0.2) is 8.42 Å². The Balaban J connectivity index is 1.49. The summed E-state index contributed by atoms with van der Waals surface area (Å²) in [7, 11) is -2.12. The second kappa shape index (κ2) is 9.74. The predicted molar refractivity (Wildman–Crippen MR) is 108 cm³/mol. The number of ether oxygens (including phenoxy) is 2. The molecule has 0 aliphatic carbocycles. The second-order valence-corrected chi connectivity index (χ2v) is 8.51. The fraction of sp³-hybridized carbons (Fsp3) is 0.368. The van der Waals surface area contributed by atoms with Crippen LogP contribution in [-0.2, 0) is 26.1 Å². The molecule has 1 aliphatic rings. The molecule has 11 heteroatoms. The number of carbonyl (C=O) groups is 2. The van der Waals surface area contributed by atoms with Crippen molar-refractivity contribution in [2.75, 3.05) is 40.0 Å². The number of sulfonamides is 1. The Labute approximate surface area is 174 Å². The molecule has 10 nitrogen and oxygen atoms in total. The summed E-state index contributed by atoms with van der Waals surface area (Å²) in [6.45, 7) is 1.28. The fourth-order valence-electron chi connectivity index (χ4n) is 2.85. The largest absolute Gasteiger partial charge is 0.497 e. The van der Waals surface area contributed by atoms with Crippen LogP contribution in [0.1, 0.15) is 16.1 Å². The molecule has 2 heterocycles. The maximum atomic E-state index is 12.6. The van der Waals surface area contributed by atoms with Gasteiger partial charge in [-0.3, -0.25) is 9.59 Å². The SMILES string of the molecule is COc1ccc(CNC(=O)CNC(=O)c2cc(S(=O)(=O)N3CCOCC3)c[nH]2)cc1. The molecule has 3 N–H and O–H groups in total. The van der Waals surface area contributed by atoms with E-state index in [4.69, 9.17) is 9.47 Å². The zero-order chi connectivity index (χ0) is 21.6. The molecular weight excluding hydrogens is 412 g/mol. The summed E-state index contributed by atoms with van der Waals surface area (Å²) >= 11 is 0. The number of aromatic amines is 1. The maximum absolute atomic E-state index is 12.6. The van der Waals surface area contributed by atoms with Gasteiger partial charge in [0.1, 0.15) is 16.3 Å². The van der Waals surface area contributed by atoms with Crippen LogP contribution in [0.3, 0.4) is 0 Å². The smallest absolute Gasteiger partial charge is 0.268 e. The van der Waals surface area contributed by atoms with Crippen molar-refractivity contribution in [2.45, 2.75) is 11.4 Å². The lowest BCUT2D eigenvalue weighted by Crippen LogP contribution is -2.40. The van der Waals surface area contributed by atoms with Crippen molar-refractivity contribution >= 4 is 21.8 Å². The van der Waals surface area contributed by atoms with Crippen molar-refractivity contribution in [2.24, 2.45) is 0 Å². The second-order valence-electron chi connectivity index (χ2n) is 6.57. The van der Waals surface area contributed by atoms with Gasteiger partial charge < -0.3 is 25.1 Å². The van der Waals surface area contributed by atoms with E-state index in [1.165, 1.54) is 16.6 Å². The zero-order valence-corrected chi connectivity index (χ0v) is 17.3. The molecule has 30 heavy (non-hydrogen) atoms. The van der Waals surface area contributed by atoms with Crippen LogP contribution in [0.2, 0.25) is 0 Å². The van der Waals surface area contributed by atoms with Gasteiger partial charge in [0.25, 0.3) is 5.91 Å². The zero-order valence-electron chi connectivity index (χ0n) is 16.5. The van der Waals surface area contributed by atoms with Gasteiger partial charge in [0.2, 0.25) is 15.9 Å². The number of nitrogens with one attached hydrogen (secondary N) is 3. The van der Waals surface area contributed by atoms with Crippen LogP contribution in [0, 0.1) is 0 Å². The average Bonchev–Trinajstić information content (AvgIpc) is 3.28. The highest BCUT2D eigenvalue weighted by atomic mass is 32.2. The number of amides is 2. The molecule has 0 spiro atoms. The molecule has 0 unspecified atom stereocenters. The molecule has 1 saturated heterocycles. The Hall–Kier alpha value is -2.89. The lowest BCUT2D eigenvalue weighted by Gasteiger charge is -2.25. The molecule has 1 aromatic heterocycles. The van der Waals surface area contributed by atoms with Crippen molar-refractivity contribution in [3.63, 3.8) is 0 Å². The van der Waals surface area contributed by atoms with E-state index in [2.05, 4.69) is 15.6 Å². The topological polar surface area (TPSA) is 130 Å². The van der Waals surface area contributed by atoms with E-state index in [0.29, 0.717) is 19.8 Å². The first-order chi connectivity index (χ1) is 14.4. The first kappa shape index (κ1) is 21.8. The average molecular weight is 436 g/mol. The van der Waals surface area contributed by atoms with E-state index < -0.39 is 15.9 Å². The maximum Gasteiger partial charge on any atom is 0.268 e. The third-order valence-corrected chi connectivity index (χ3v) is 6.44. The van der Waals surface area contributed by atoms with Crippen LogP contribution in [-0.4, -0.2) is 69.5 Å². The van der Waals surface area contributed by atoms with Crippen molar-refractivity contribution in [1.29, 1.82) is 0 Å². The summed E-state index contributed by atoms with van der Waals surface area (Å²) in [5.74, 6) is -0.219. The van der Waals surface area contributed by atoms with Gasteiger partial charge in [-0.05, 0) is 23.8 Å². The minimum atomic E-state index is -3.70. The molecule has 0 atom stereocenters. The van der Waals surface area contributed by atoms with E-state index in [0.717, 1.165) is 11.3 Å². The number of methoxy groups -OCH3 is 1. The van der Waals surface area contributed by atoms with Gasteiger partial charge in [0.05, 0.1) is 26.9 Å². The fourth-order valence-corrected chi connectivity index (χ4v) is 4.26. The molecule has 0 radical (unpaired) electrons. The molecule has 1 fully saturated rings. The summed E-state index contributed by atoms with van der Waals surface area (Å²) in [6, 6.07) is 8.49. The van der Waals surface area contributed by atoms with E-state index in [-0.39, 0.29) is 36.1 Å². The summed E-state index contributed by atoms with van der Waals surface area (Å²) in [4.78, 5) is 26.9. The highest BCUT2D eigenvalue weighted by Crippen LogP contribution is 2.18. The van der Waals surface area contributed by atoms with Crippen molar-refractivity contribution in [1.82, 2.24) is 19.9 Å². The summed E-state index contributed by atoms with van der Waals surface area (Å²) in [5.41, 5.74) is 0.947. The Morgan fingerprint density at radius 3 is 2.53 bits per heavy atom. The van der Waals surface area contributed by atoms with Gasteiger partial charge in [-0.2, -0.15) is 4.31 Å². The normalized spacial score (nSPS) is 14.8. The number of H-pyrrole nitrogens is 1. The van der Waals surface area contributed by atoms with E-state index in [9.17, 15) is 18.0 Å². The first-order valence-electron chi connectivity index (χ1n) is 9.34. The first-order valence-corrected chi connectivity index (χ1v) is 10.8. The number of hydrogen-bond donors (Lipinski definition) is 3. The lowest BCUT2D eigenvalue weighted by atomic mass is 10.2. The minimum Gasteiger partial charge on any atom is -0.497 e. The number of benzene rings is 1. The lowest BCUT2D eigenvalue weighted by molar-refractivity contribution is -0.120. The molecular formula is C19H24N4O6S. The summed E-state index contributed by atoms with van der Waals surface area (Å²) in [6.07, 6.45) is 1.27. The van der Waals surface area contributed by atoms with Gasteiger partial charge in [-0.15, -0.1) is 0 Å². The highest BCUT2D eigenvalue weighted by molar-refractivity contribution is 7.89. The number of morpholine rings is 1. The molecule has 1 aromatic carbocycles. The molecule has 2 amide bonds. The van der Waals surface area contributed by atoms with Crippen LogP contribution in [0.5, 0.6) is 5.75 Å². The van der Waals surface area contributed by atoms with Crippen LogP contribution >= 0.6 is 0 Å². The minimum absolute atomic E-state index is 0.00138. The highest BCUT2D eigenvalue weighted by Gasteiger charge is 2.28. The number of hydrogen-bond acceptors (Lipinski definition) is 6. The standard InChI is InChI=1S/C19H24N4O6S/c1-28-15-4-2-14(3-5-15)11-21-18(24)13-22-19(25)17-10-16(12-20-17)30(26,27)23-6-8-29-9-7-23/h2-5,10,12,20H,6-9,11,13H2,1H3,(H,21,24)(H,22,25). The summed E-state index contributed by atoms with van der Waals surface area (Å²) < 4.78 is 36.7. The monoisotopic (exact) mass is 436 g/mol. The van der Waals surface area contributed by atoms with E-state index >= 15 is 0 Å². The molecule has 3 rings (SSSR count). The molecule has 2 aromatic rings. The van der Waals surface area contributed by atoms with Crippen molar-refractivity contribution in [3.05, 3.63) is 47.8 Å². The van der Waals surface area contributed by atoms with Gasteiger partial charge in [-0.1, -0.05) is 12.1 Å². The van der Waals surface area contributed by atoms with E-state index in [1.54, 1.807) is 19.2 Å². The molecule has 0 saturated carbocycles. The van der Waals surface area contributed by atoms with Crippen LogP contribution in [0.25, 0.3) is 0 Å². The van der Waals surface area contributed by atoms with Crippen LogP contribution < -0.4 is 15.4 Å². The molecule has 0 bridgehead atoms. The van der Waals surface area contributed by atoms with Crippen LogP contribution in [0.15, 0.2) is 41.4 Å². The predicted octanol–water partition coefficient (Wildman–Crippen LogP) is 0.0904. The van der Waals surface area contributed by atoms with Crippen molar-refractivity contribution < 1.29 is 27.5 Å². The van der Waals surface area contributed by atoms with Gasteiger partial charge >= 0.3 is 0 Å². The number of aromatic nitrogens is 1. The van der Waals surface area contributed by atoms with Crippen molar-refractivity contribution in [3.8, 4) is 5.75 Å². The number of nitrogens with zero attached hydrogens (tertiary/aromatic N) is 1. The third kappa shape index (κ3) is 5.38. The Morgan fingerprint density at radius 2 is 1.87 bits per heavy atom. The van der Waals surface area contributed by atoms with Gasteiger partial charge in [0, 0.05) is 25.8 Å². The van der Waals surface area contributed by atoms with E-state index in [1.807, 2.05) is 12.1 Å². The Kier molecular flexibility index (Phi) is 7.08. The molecule has 1 aliphatic heterocycles. The summed E-state index contributed by atoms with van der Waals surface area (Å²) in [5, 5.41) is 5.16. The Bertz CT molecular complexity index is 981. The Morgan fingerprint density at radius 1 is 1.17 bits per heavy atom.